The number of benzene rings is 8. The molecule has 1 aliphatic carbocycles. The summed E-state index contributed by atoms with van der Waals surface area (Å²) in [5.74, 6) is 0.858. The summed E-state index contributed by atoms with van der Waals surface area (Å²) in [5.41, 5.74) is 13.0. The van der Waals surface area contributed by atoms with Crippen molar-refractivity contribution in [1.29, 1.82) is 0 Å². The minimum absolute atomic E-state index is 0.199. The first-order chi connectivity index (χ1) is 26.2. The lowest BCUT2D eigenvalue weighted by Gasteiger charge is -2.33. The fraction of sp³-hybridized carbons (Fsp3) is 0.0816. The Morgan fingerprint density at radius 2 is 1.21 bits per heavy atom. The highest BCUT2D eigenvalue weighted by Gasteiger charge is 2.28. The number of aliphatic imine (C=N–C) groups is 1. The van der Waals surface area contributed by atoms with E-state index < -0.39 is 0 Å². The van der Waals surface area contributed by atoms with Gasteiger partial charge in [-0.1, -0.05) is 146 Å². The summed E-state index contributed by atoms with van der Waals surface area (Å²) >= 11 is 0. The van der Waals surface area contributed by atoms with Gasteiger partial charge in [-0.15, -0.1) is 0 Å². The molecule has 2 unspecified atom stereocenters. The number of hydrogen-bond acceptors (Lipinski definition) is 4. The van der Waals surface area contributed by atoms with Crippen molar-refractivity contribution in [2.75, 3.05) is 0 Å². The number of rotatable bonds is 4. The molecular formula is C49H35N3O. The molecule has 2 N–H and O–H groups in total. The maximum atomic E-state index is 6.33. The van der Waals surface area contributed by atoms with Gasteiger partial charge in [0.1, 0.15) is 29.3 Å². The summed E-state index contributed by atoms with van der Waals surface area (Å²) < 4.78 is 6.33. The Morgan fingerprint density at radius 1 is 0.491 bits per heavy atom. The van der Waals surface area contributed by atoms with Gasteiger partial charge in [0.25, 0.3) is 0 Å². The van der Waals surface area contributed by atoms with Gasteiger partial charge in [0.2, 0.25) is 0 Å². The van der Waals surface area contributed by atoms with Crippen LogP contribution in [0, 0.1) is 0 Å². The van der Waals surface area contributed by atoms with Crippen LogP contribution in [0.2, 0.25) is 0 Å². The van der Waals surface area contributed by atoms with Crippen LogP contribution in [0.15, 0.2) is 173 Å². The summed E-state index contributed by atoms with van der Waals surface area (Å²) in [6, 6.07) is 59.0. The van der Waals surface area contributed by atoms with Crippen LogP contribution in [0.1, 0.15) is 40.1 Å². The standard InChI is InChI=1S/C49H35N3O/c1-3-11-37-30(8-1)10-7-14-38(37)32-16-19-34(20-17-32)47-50-48(52-49(51-47)36-24-27-43-42-13-5-6-15-45(42)53-46(43)29-36)35-21-18-33-23-25-40-39-12-4-2-9-31(39)22-26-41(40)44(33)28-35/h1-22,24,26-29,48-49,52H,23,25H2,(H,50,51). The zero-order valence-corrected chi connectivity index (χ0v) is 29.0. The lowest BCUT2D eigenvalue weighted by Crippen LogP contribution is -2.45. The van der Waals surface area contributed by atoms with Crippen molar-refractivity contribution in [3.63, 3.8) is 0 Å². The molecule has 252 valence electrons. The van der Waals surface area contributed by atoms with E-state index >= 15 is 0 Å². The highest BCUT2D eigenvalue weighted by molar-refractivity contribution is 6.05. The lowest BCUT2D eigenvalue weighted by molar-refractivity contribution is 0.409. The zero-order valence-electron chi connectivity index (χ0n) is 29.0. The van der Waals surface area contributed by atoms with Crippen LogP contribution >= 0.6 is 0 Å². The van der Waals surface area contributed by atoms with Gasteiger partial charge in [-0.3, -0.25) is 5.32 Å². The van der Waals surface area contributed by atoms with E-state index in [0.29, 0.717) is 0 Å². The Bertz CT molecular complexity index is 2910. The van der Waals surface area contributed by atoms with Gasteiger partial charge in [0, 0.05) is 16.3 Å². The predicted octanol–water partition coefficient (Wildman–Crippen LogP) is 11.7. The lowest BCUT2D eigenvalue weighted by atomic mass is 9.82. The molecule has 2 aliphatic rings. The molecule has 11 rings (SSSR count). The maximum Gasteiger partial charge on any atom is 0.135 e. The van der Waals surface area contributed by atoms with Crippen LogP contribution in [0.4, 0.5) is 0 Å². The molecule has 1 aliphatic heterocycles. The summed E-state index contributed by atoms with van der Waals surface area (Å²) in [7, 11) is 0. The van der Waals surface area contributed by atoms with Crippen LogP contribution in [-0.2, 0) is 12.8 Å². The maximum absolute atomic E-state index is 6.33. The van der Waals surface area contributed by atoms with E-state index in [9.17, 15) is 0 Å². The molecular weight excluding hydrogens is 647 g/mol. The number of hydrogen-bond donors (Lipinski definition) is 2. The number of amidine groups is 1. The normalized spacial score (nSPS) is 16.7. The Hall–Kier alpha value is -6.49. The van der Waals surface area contributed by atoms with E-state index in [0.717, 1.165) is 57.3 Å². The molecule has 2 atom stereocenters. The topological polar surface area (TPSA) is 49.6 Å². The molecule has 0 saturated carbocycles. The van der Waals surface area contributed by atoms with E-state index in [1.165, 1.54) is 54.9 Å². The Labute approximate surface area is 307 Å². The molecule has 0 spiro atoms. The molecule has 9 aromatic rings. The van der Waals surface area contributed by atoms with Gasteiger partial charge in [0.15, 0.2) is 0 Å². The average Bonchev–Trinajstić information content (AvgIpc) is 3.61. The third kappa shape index (κ3) is 5.06. The van der Waals surface area contributed by atoms with Gasteiger partial charge < -0.3 is 9.73 Å². The molecule has 1 aromatic heterocycles. The second-order valence-corrected chi connectivity index (χ2v) is 14.3. The van der Waals surface area contributed by atoms with Gasteiger partial charge >= 0.3 is 0 Å². The number of nitrogens with one attached hydrogen (secondary N) is 2. The molecule has 53 heavy (non-hydrogen) atoms. The molecule has 0 fully saturated rings. The zero-order chi connectivity index (χ0) is 34.9. The second kappa shape index (κ2) is 12.0. The Balaban J connectivity index is 1.01. The summed E-state index contributed by atoms with van der Waals surface area (Å²) in [6.45, 7) is 0. The number of aryl methyl sites for hydroxylation is 2. The van der Waals surface area contributed by atoms with E-state index in [1.54, 1.807) is 0 Å². The molecule has 4 heteroatoms. The molecule has 0 saturated heterocycles. The van der Waals surface area contributed by atoms with E-state index in [1.807, 2.05) is 12.1 Å². The highest BCUT2D eigenvalue weighted by atomic mass is 16.3. The third-order valence-electron chi connectivity index (χ3n) is 11.3. The number of para-hydroxylation sites is 1. The second-order valence-electron chi connectivity index (χ2n) is 14.3. The van der Waals surface area contributed by atoms with Crippen molar-refractivity contribution in [3.8, 4) is 22.3 Å². The van der Waals surface area contributed by atoms with Crippen molar-refractivity contribution in [2.45, 2.75) is 25.2 Å². The Kier molecular flexibility index (Phi) is 6.86. The van der Waals surface area contributed by atoms with Crippen LogP contribution < -0.4 is 10.6 Å². The number of furan rings is 1. The summed E-state index contributed by atoms with van der Waals surface area (Å²) in [6.07, 6.45) is 1.62. The first-order valence-corrected chi connectivity index (χ1v) is 18.5. The van der Waals surface area contributed by atoms with Crippen LogP contribution in [0.5, 0.6) is 0 Å². The van der Waals surface area contributed by atoms with Crippen molar-refractivity contribution in [3.05, 3.63) is 192 Å². The number of fused-ring (bicyclic) bond motifs is 9. The van der Waals surface area contributed by atoms with Crippen LogP contribution in [0.3, 0.4) is 0 Å². The third-order valence-corrected chi connectivity index (χ3v) is 11.3. The van der Waals surface area contributed by atoms with E-state index in [-0.39, 0.29) is 12.3 Å². The average molecular weight is 682 g/mol. The van der Waals surface area contributed by atoms with E-state index in [2.05, 4.69) is 162 Å². The molecule has 0 bridgehead atoms. The largest absolute Gasteiger partial charge is 0.456 e. The Morgan fingerprint density at radius 3 is 2.09 bits per heavy atom. The minimum atomic E-state index is -0.267. The summed E-state index contributed by atoms with van der Waals surface area (Å²) in [5, 5.41) is 15.0. The SMILES string of the molecule is c1ccc2c(-c3ccc(C4=NC(c5ccc6c(c5)-c5ccc7ccccc7c5CC6)NC(c5ccc6c(c5)oc5ccccc56)N4)cc3)cccc2c1. The van der Waals surface area contributed by atoms with E-state index in [4.69, 9.17) is 9.41 Å². The van der Waals surface area contributed by atoms with Crippen molar-refractivity contribution in [1.82, 2.24) is 10.6 Å². The van der Waals surface area contributed by atoms with Gasteiger partial charge in [-0.05, 0) is 97.1 Å². The number of nitrogens with zero attached hydrogens (tertiary/aromatic N) is 1. The first-order valence-electron chi connectivity index (χ1n) is 18.5. The molecule has 0 radical (unpaired) electrons. The highest BCUT2D eigenvalue weighted by Crippen LogP contribution is 2.40. The fourth-order valence-electron chi connectivity index (χ4n) is 8.61. The van der Waals surface area contributed by atoms with Crippen LogP contribution in [0.25, 0.3) is 65.7 Å². The van der Waals surface area contributed by atoms with Crippen molar-refractivity contribution in [2.24, 2.45) is 4.99 Å². The minimum Gasteiger partial charge on any atom is -0.456 e. The van der Waals surface area contributed by atoms with Gasteiger partial charge in [0.05, 0.1) is 0 Å². The van der Waals surface area contributed by atoms with Crippen molar-refractivity contribution >= 4 is 49.3 Å². The van der Waals surface area contributed by atoms with Gasteiger partial charge in [-0.25, -0.2) is 4.99 Å². The smallest absolute Gasteiger partial charge is 0.135 e. The first kappa shape index (κ1) is 30.2. The van der Waals surface area contributed by atoms with Gasteiger partial charge in [-0.2, -0.15) is 0 Å². The monoisotopic (exact) mass is 681 g/mol. The van der Waals surface area contributed by atoms with Crippen LogP contribution in [-0.4, -0.2) is 5.84 Å². The summed E-state index contributed by atoms with van der Waals surface area (Å²) in [4.78, 5) is 5.37. The molecule has 8 aromatic carbocycles. The molecule has 0 amide bonds. The molecule has 2 heterocycles. The quantitative estimate of drug-likeness (QED) is 0.194. The fourth-order valence-corrected chi connectivity index (χ4v) is 8.61. The van der Waals surface area contributed by atoms with Crippen molar-refractivity contribution < 1.29 is 4.42 Å². The molecule has 4 nitrogen and oxygen atoms in total. The predicted molar refractivity (Wildman–Crippen MR) is 218 cm³/mol.